The summed E-state index contributed by atoms with van der Waals surface area (Å²) < 4.78 is 33.7. The van der Waals surface area contributed by atoms with Gasteiger partial charge in [0.25, 0.3) is 0 Å². The quantitative estimate of drug-likeness (QED) is 0.0145. The number of carbonyl (C=O) groups is 2. The molecule has 6 N–H and O–H groups in total. The second-order valence-electron chi connectivity index (χ2n) is 18.7. The molecule has 0 aromatic heterocycles. The fourth-order valence-electron chi connectivity index (χ4n) is 8.14. The summed E-state index contributed by atoms with van der Waals surface area (Å²) in [5, 5.41) is 50.3. The summed E-state index contributed by atoms with van der Waals surface area (Å²) in [5.41, 5.74) is 0. The Kier molecular flexibility index (Phi) is 40.4. The number of hydrogen-bond acceptors (Lipinski definition) is 12. The van der Waals surface area contributed by atoms with Crippen LogP contribution in [0.5, 0.6) is 0 Å². The van der Waals surface area contributed by atoms with Gasteiger partial charge < -0.3 is 39.9 Å². The van der Waals surface area contributed by atoms with Crippen molar-refractivity contribution in [2.45, 2.75) is 275 Å². The fraction of sp³-hybridized carbons (Fsp3) is 0.849. The Morgan fingerprint density at radius 2 is 0.806 bits per heavy atom. The first-order chi connectivity index (χ1) is 32.4. The largest absolute Gasteiger partial charge is 0.472 e. The number of esters is 2. The number of aliphatic hydroxyl groups excluding tert-OH is 5. The number of rotatable bonds is 45. The maximum Gasteiger partial charge on any atom is 0.472 e. The highest BCUT2D eigenvalue weighted by molar-refractivity contribution is 7.47. The molecule has 0 saturated heterocycles. The van der Waals surface area contributed by atoms with Crippen LogP contribution in [0.2, 0.25) is 0 Å². The van der Waals surface area contributed by atoms with E-state index in [1.54, 1.807) is 0 Å². The van der Waals surface area contributed by atoms with Gasteiger partial charge in [0.05, 0.1) is 6.61 Å². The number of hydrogen-bond donors (Lipinski definition) is 6. The average Bonchev–Trinajstić information content (AvgIpc) is 3.31. The van der Waals surface area contributed by atoms with E-state index in [1.165, 1.54) is 109 Å². The minimum absolute atomic E-state index is 0.0882. The van der Waals surface area contributed by atoms with Crippen LogP contribution in [0, 0.1) is 0 Å². The Balaban J connectivity index is 2.37. The fourth-order valence-corrected chi connectivity index (χ4v) is 9.11. The Morgan fingerprint density at radius 1 is 0.463 bits per heavy atom. The molecule has 14 heteroatoms. The summed E-state index contributed by atoms with van der Waals surface area (Å²) in [7, 11) is -5.13. The minimum Gasteiger partial charge on any atom is -0.462 e. The van der Waals surface area contributed by atoms with Crippen molar-refractivity contribution in [3.8, 4) is 0 Å². The highest BCUT2D eigenvalue weighted by Gasteiger charge is 2.51. The third-order valence-electron chi connectivity index (χ3n) is 12.5. The monoisotopic (exact) mass is 973 g/mol. The van der Waals surface area contributed by atoms with Crippen molar-refractivity contribution in [1.29, 1.82) is 0 Å². The molecule has 0 heterocycles. The van der Waals surface area contributed by atoms with Crippen molar-refractivity contribution in [3.05, 3.63) is 36.5 Å². The molecule has 1 rings (SSSR count). The zero-order valence-corrected chi connectivity index (χ0v) is 42.8. The predicted octanol–water partition coefficient (Wildman–Crippen LogP) is 11.7. The highest BCUT2D eigenvalue weighted by Crippen LogP contribution is 2.47. The molecule has 1 saturated carbocycles. The normalized spacial score (nSPS) is 21.4. The molecule has 0 spiro atoms. The molecule has 392 valence electrons. The summed E-state index contributed by atoms with van der Waals surface area (Å²) in [4.78, 5) is 35.9. The molecule has 67 heavy (non-hydrogen) atoms. The zero-order chi connectivity index (χ0) is 49.2. The van der Waals surface area contributed by atoms with Crippen LogP contribution in [0.15, 0.2) is 36.5 Å². The van der Waals surface area contributed by atoms with Gasteiger partial charge in [0.1, 0.15) is 43.2 Å². The SMILES string of the molecule is CCCCC/C=C\C/C=C\CCCCCCCCCC(=O)OC(COC(=O)CCCCCCCCCCC/C=C\CCCCCCCCCC)COP(=O)(O)OC1C(O)C(O)C(O)C(O)C1O. The Morgan fingerprint density at radius 3 is 1.25 bits per heavy atom. The number of carbonyl (C=O) groups excluding carboxylic acids is 2. The van der Waals surface area contributed by atoms with E-state index in [9.17, 15) is 44.6 Å². The summed E-state index contributed by atoms with van der Waals surface area (Å²) in [5.74, 6) is -1.10. The van der Waals surface area contributed by atoms with E-state index in [0.717, 1.165) is 83.5 Å². The zero-order valence-electron chi connectivity index (χ0n) is 41.9. The molecular formula is C53H97O13P. The molecular weight excluding hydrogens is 876 g/mol. The van der Waals surface area contributed by atoms with Crippen LogP contribution in [-0.4, -0.2) is 98.3 Å². The van der Waals surface area contributed by atoms with Gasteiger partial charge in [-0.05, 0) is 70.6 Å². The van der Waals surface area contributed by atoms with Crippen LogP contribution < -0.4 is 0 Å². The minimum atomic E-state index is -5.13. The molecule has 0 radical (unpaired) electrons. The summed E-state index contributed by atoms with van der Waals surface area (Å²) in [6.45, 7) is 3.30. The highest BCUT2D eigenvalue weighted by atomic mass is 31.2. The standard InChI is InChI=1S/C53H97O13P/c1-3-5-7-9-11-13-15-17-19-21-22-23-24-26-27-29-31-33-35-37-39-41-46(54)63-43-45(44-64-67(61,62)66-53-51(59)49(57)48(56)50(58)52(53)60)65-47(55)42-40-38-36-34-32-30-28-25-20-18-16-14-12-10-8-6-4-2/h12,14,18,20-22,45,48-53,56-60H,3-11,13,15-17,19,23-44H2,1-2H3,(H,61,62)/b14-12-,20-18-,22-21-. The van der Waals surface area contributed by atoms with Gasteiger partial charge in [-0.3, -0.25) is 18.6 Å². The molecule has 1 aliphatic rings. The number of phosphoric ester groups is 1. The van der Waals surface area contributed by atoms with Gasteiger partial charge in [-0.1, -0.05) is 185 Å². The molecule has 6 unspecified atom stereocenters. The van der Waals surface area contributed by atoms with Gasteiger partial charge in [0, 0.05) is 12.8 Å². The van der Waals surface area contributed by atoms with Crippen LogP contribution in [-0.2, 0) is 32.7 Å². The predicted molar refractivity (Wildman–Crippen MR) is 267 cm³/mol. The molecule has 1 aliphatic carbocycles. The van der Waals surface area contributed by atoms with Crippen molar-refractivity contribution < 1.29 is 63.1 Å². The first-order valence-electron chi connectivity index (χ1n) is 26.8. The lowest BCUT2D eigenvalue weighted by atomic mass is 9.85. The second kappa shape index (κ2) is 42.9. The van der Waals surface area contributed by atoms with E-state index in [2.05, 4.69) is 50.3 Å². The molecule has 0 bridgehead atoms. The average molecular weight is 973 g/mol. The maximum absolute atomic E-state index is 12.9. The van der Waals surface area contributed by atoms with Gasteiger partial charge >= 0.3 is 19.8 Å². The van der Waals surface area contributed by atoms with Crippen molar-refractivity contribution in [2.24, 2.45) is 0 Å². The topological polar surface area (TPSA) is 210 Å². The van der Waals surface area contributed by atoms with Gasteiger partial charge in [-0.25, -0.2) is 4.57 Å². The number of ether oxygens (including phenoxy) is 2. The lowest BCUT2D eigenvalue weighted by Crippen LogP contribution is -2.64. The van der Waals surface area contributed by atoms with E-state index in [0.29, 0.717) is 12.8 Å². The third kappa shape index (κ3) is 34.9. The van der Waals surface area contributed by atoms with Crippen molar-refractivity contribution in [2.75, 3.05) is 13.2 Å². The maximum atomic E-state index is 12.9. The van der Waals surface area contributed by atoms with E-state index >= 15 is 0 Å². The smallest absolute Gasteiger partial charge is 0.462 e. The van der Waals surface area contributed by atoms with E-state index in [4.69, 9.17) is 18.5 Å². The van der Waals surface area contributed by atoms with Crippen molar-refractivity contribution >= 4 is 19.8 Å². The summed E-state index contributed by atoms with van der Waals surface area (Å²) in [6, 6.07) is 0. The van der Waals surface area contributed by atoms with Crippen LogP contribution >= 0.6 is 7.82 Å². The van der Waals surface area contributed by atoms with E-state index < -0.39 is 75.7 Å². The van der Waals surface area contributed by atoms with E-state index in [-0.39, 0.29) is 12.8 Å². The lowest BCUT2D eigenvalue weighted by molar-refractivity contribution is -0.220. The molecule has 1 fully saturated rings. The van der Waals surface area contributed by atoms with Gasteiger partial charge in [0.15, 0.2) is 6.10 Å². The molecule has 0 aromatic carbocycles. The van der Waals surface area contributed by atoms with E-state index in [1.807, 2.05) is 0 Å². The molecule has 6 atom stereocenters. The first kappa shape index (κ1) is 63.1. The van der Waals surface area contributed by atoms with Gasteiger partial charge in [0.2, 0.25) is 0 Å². The first-order valence-corrected chi connectivity index (χ1v) is 28.3. The van der Waals surface area contributed by atoms with Gasteiger partial charge in [-0.2, -0.15) is 0 Å². The molecule has 0 aromatic rings. The summed E-state index contributed by atoms with van der Waals surface area (Å²) >= 11 is 0. The Bertz CT molecular complexity index is 1310. The van der Waals surface area contributed by atoms with Crippen LogP contribution in [0.3, 0.4) is 0 Å². The number of phosphoric acid groups is 1. The van der Waals surface area contributed by atoms with Gasteiger partial charge in [-0.15, -0.1) is 0 Å². The Labute approximate surface area is 406 Å². The molecule has 13 nitrogen and oxygen atoms in total. The third-order valence-corrected chi connectivity index (χ3v) is 13.4. The second-order valence-corrected chi connectivity index (χ2v) is 20.1. The number of unbranched alkanes of at least 4 members (excludes halogenated alkanes) is 27. The Hall–Kier alpha value is -1.93. The van der Waals surface area contributed by atoms with Crippen LogP contribution in [0.1, 0.15) is 232 Å². The van der Waals surface area contributed by atoms with Crippen molar-refractivity contribution in [3.63, 3.8) is 0 Å². The summed E-state index contributed by atoms with van der Waals surface area (Å²) in [6.07, 6.45) is 37.6. The van der Waals surface area contributed by atoms with Crippen molar-refractivity contribution in [1.82, 2.24) is 0 Å². The molecule has 0 aliphatic heterocycles. The van der Waals surface area contributed by atoms with Crippen LogP contribution in [0.25, 0.3) is 0 Å². The number of aliphatic hydroxyl groups is 5. The number of allylic oxidation sites excluding steroid dienone is 6. The molecule has 0 amide bonds. The van der Waals surface area contributed by atoms with Crippen LogP contribution in [0.4, 0.5) is 0 Å². The lowest BCUT2D eigenvalue weighted by Gasteiger charge is -2.41.